The number of ether oxygens (including phenoxy) is 1. The van der Waals surface area contributed by atoms with E-state index < -0.39 is 0 Å². The summed E-state index contributed by atoms with van der Waals surface area (Å²) in [6.07, 6.45) is 0.842. The predicted octanol–water partition coefficient (Wildman–Crippen LogP) is 4.56. The number of aryl methyl sites for hydroxylation is 2. The van der Waals surface area contributed by atoms with Crippen LogP contribution in [0, 0.1) is 13.8 Å². The van der Waals surface area contributed by atoms with Gasteiger partial charge in [-0.3, -0.25) is 14.2 Å². The second kappa shape index (κ2) is 10.6. The van der Waals surface area contributed by atoms with Gasteiger partial charge in [-0.15, -0.1) is 0 Å². The predicted molar refractivity (Wildman–Crippen MR) is 127 cm³/mol. The summed E-state index contributed by atoms with van der Waals surface area (Å²) in [6, 6.07) is 13.2. The first kappa shape index (κ1) is 23.0. The number of hydrogen-bond acceptors (Lipinski definition) is 5. The summed E-state index contributed by atoms with van der Waals surface area (Å²) < 4.78 is 7.26. The van der Waals surface area contributed by atoms with E-state index in [1.807, 2.05) is 64.1 Å². The molecule has 0 spiro atoms. The van der Waals surface area contributed by atoms with Crippen molar-refractivity contribution in [3.63, 3.8) is 0 Å². The van der Waals surface area contributed by atoms with Gasteiger partial charge in [0.15, 0.2) is 5.16 Å². The molecule has 6 nitrogen and oxygen atoms in total. The van der Waals surface area contributed by atoms with Crippen molar-refractivity contribution in [2.24, 2.45) is 0 Å². The van der Waals surface area contributed by atoms with Crippen molar-refractivity contribution >= 4 is 34.3 Å². The molecule has 164 valence electrons. The molecule has 0 fully saturated rings. The largest absolute Gasteiger partial charge is 0.379 e. The highest BCUT2D eigenvalue weighted by Gasteiger charge is 2.14. The summed E-state index contributed by atoms with van der Waals surface area (Å²) in [4.78, 5) is 30.3. The molecule has 3 rings (SSSR count). The fourth-order valence-electron chi connectivity index (χ4n) is 3.27. The third-order valence-corrected chi connectivity index (χ3v) is 5.77. The van der Waals surface area contributed by atoms with Gasteiger partial charge in [0.2, 0.25) is 5.91 Å². The Morgan fingerprint density at radius 2 is 1.97 bits per heavy atom. The zero-order valence-corrected chi connectivity index (χ0v) is 19.3. The number of para-hydroxylation sites is 1. The molecule has 0 saturated carbocycles. The Kier molecular flexibility index (Phi) is 7.87. The molecule has 0 aliphatic heterocycles. The van der Waals surface area contributed by atoms with Crippen LogP contribution < -0.4 is 10.9 Å². The molecular formula is C24H29N3O3S. The summed E-state index contributed by atoms with van der Waals surface area (Å²) in [5.41, 5.74) is 3.51. The first-order valence-corrected chi connectivity index (χ1v) is 11.4. The molecule has 31 heavy (non-hydrogen) atoms. The van der Waals surface area contributed by atoms with E-state index in [-0.39, 0.29) is 23.3 Å². The second-order valence-electron chi connectivity index (χ2n) is 7.80. The van der Waals surface area contributed by atoms with E-state index in [0.29, 0.717) is 35.6 Å². The Labute approximate surface area is 187 Å². The van der Waals surface area contributed by atoms with E-state index in [9.17, 15) is 9.59 Å². The monoisotopic (exact) mass is 439 g/mol. The molecule has 0 bridgehead atoms. The lowest BCUT2D eigenvalue weighted by atomic mass is 10.1. The summed E-state index contributed by atoms with van der Waals surface area (Å²) in [6.45, 7) is 9.01. The van der Waals surface area contributed by atoms with E-state index in [1.165, 1.54) is 11.8 Å². The molecule has 0 aliphatic carbocycles. The molecule has 0 radical (unpaired) electrons. The average molecular weight is 440 g/mol. The van der Waals surface area contributed by atoms with Gasteiger partial charge in [0.1, 0.15) is 0 Å². The van der Waals surface area contributed by atoms with Crippen LogP contribution >= 0.6 is 11.8 Å². The molecule has 0 unspecified atom stereocenters. The fraction of sp³-hybridized carbons (Fsp3) is 0.375. The molecular weight excluding hydrogens is 410 g/mol. The van der Waals surface area contributed by atoms with Gasteiger partial charge < -0.3 is 10.1 Å². The van der Waals surface area contributed by atoms with E-state index in [1.54, 1.807) is 10.6 Å². The Morgan fingerprint density at radius 3 is 2.71 bits per heavy atom. The minimum Gasteiger partial charge on any atom is -0.379 e. The minimum absolute atomic E-state index is 0.0903. The summed E-state index contributed by atoms with van der Waals surface area (Å²) in [7, 11) is 0. The number of nitrogens with one attached hydrogen (secondary N) is 1. The Hall–Kier alpha value is -2.64. The van der Waals surface area contributed by atoms with Crippen molar-refractivity contribution in [2.45, 2.75) is 51.9 Å². The number of anilines is 1. The molecule has 0 aliphatic rings. The number of carbonyl (C=O) groups is 1. The number of hydrogen-bond donors (Lipinski definition) is 1. The van der Waals surface area contributed by atoms with Crippen LogP contribution in [0.5, 0.6) is 0 Å². The van der Waals surface area contributed by atoms with Crippen LogP contribution in [-0.4, -0.2) is 33.9 Å². The maximum absolute atomic E-state index is 13.1. The molecule has 1 heterocycles. The maximum atomic E-state index is 13.1. The van der Waals surface area contributed by atoms with Gasteiger partial charge in [0.25, 0.3) is 5.56 Å². The van der Waals surface area contributed by atoms with Gasteiger partial charge in [-0.1, -0.05) is 41.6 Å². The minimum atomic E-state index is -0.131. The van der Waals surface area contributed by atoms with Gasteiger partial charge in [0.05, 0.1) is 22.8 Å². The van der Waals surface area contributed by atoms with Crippen molar-refractivity contribution < 1.29 is 9.53 Å². The van der Waals surface area contributed by atoms with E-state index in [0.717, 1.165) is 16.8 Å². The van der Waals surface area contributed by atoms with Crippen LogP contribution in [0.2, 0.25) is 0 Å². The molecule has 0 atom stereocenters. The molecule has 7 heteroatoms. The van der Waals surface area contributed by atoms with Crippen molar-refractivity contribution in [1.29, 1.82) is 0 Å². The van der Waals surface area contributed by atoms with Crippen LogP contribution in [0.25, 0.3) is 10.9 Å². The van der Waals surface area contributed by atoms with Gasteiger partial charge >= 0.3 is 0 Å². The quantitative estimate of drug-likeness (QED) is 0.301. The molecule has 2 aromatic carbocycles. The molecule has 0 saturated heterocycles. The number of carbonyl (C=O) groups excluding carboxylic acids is 1. The number of thioether (sulfide) groups is 1. The van der Waals surface area contributed by atoms with Crippen LogP contribution in [0.15, 0.2) is 52.4 Å². The van der Waals surface area contributed by atoms with Crippen LogP contribution in [-0.2, 0) is 16.1 Å². The molecule has 3 aromatic rings. The molecule has 1 amide bonds. The standard InChI is InChI=1S/C24H29N3O3S/c1-16(2)30-13-7-12-27-23(29)19-8-5-6-9-21(19)26-24(27)31-15-22(28)25-20-11-10-17(3)14-18(20)4/h5-6,8-11,14,16H,7,12-13,15H2,1-4H3,(H,25,28). The lowest BCUT2D eigenvalue weighted by Crippen LogP contribution is -2.25. The van der Waals surface area contributed by atoms with Crippen molar-refractivity contribution in [1.82, 2.24) is 9.55 Å². The second-order valence-corrected chi connectivity index (χ2v) is 8.74. The molecule has 1 aromatic heterocycles. The first-order chi connectivity index (χ1) is 14.8. The third kappa shape index (κ3) is 6.18. The molecule has 1 N–H and O–H groups in total. The maximum Gasteiger partial charge on any atom is 0.262 e. The van der Waals surface area contributed by atoms with Gasteiger partial charge in [-0.25, -0.2) is 4.98 Å². The van der Waals surface area contributed by atoms with Crippen molar-refractivity contribution in [3.05, 3.63) is 63.9 Å². The zero-order chi connectivity index (χ0) is 22.4. The average Bonchev–Trinajstić information content (AvgIpc) is 2.73. The highest BCUT2D eigenvalue weighted by molar-refractivity contribution is 7.99. The first-order valence-electron chi connectivity index (χ1n) is 10.5. The third-order valence-electron chi connectivity index (χ3n) is 4.79. The number of rotatable bonds is 9. The van der Waals surface area contributed by atoms with Gasteiger partial charge in [-0.2, -0.15) is 0 Å². The topological polar surface area (TPSA) is 73.2 Å². The number of nitrogens with zero attached hydrogens (tertiary/aromatic N) is 2. The summed E-state index contributed by atoms with van der Waals surface area (Å²) in [5, 5.41) is 4.07. The Balaban J connectivity index is 1.76. The normalized spacial score (nSPS) is 11.3. The summed E-state index contributed by atoms with van der Waals surface area (Å²) >= 11 is 1.28. The zero-order valence-electron chi connectivity index (χ0n) is 18.5. The lowest BCUT2D eigenvalue weighted by Gasteiger charge is -2.14. The highest BCUT2D eigenvalue weighted by atomic mass is 32.2. The number of fused-ring (bicyclic) bond motifs is 1. The number of aromatic nitrogens is 2. The Bertz CT molecular complexity index is 1120. The van der Waals surface area contributed by atoms with Gasteiger partial charge in [0, 0.05) is 18.8 Å². The number of amides is 1. The van der Waals surface area contributed by atoms with Crippen molar-refractivity contribution in [3.8, 4) is 0 Å². The summed E-state index contributed by atoms with van der Waals surface area (Å²) in [5.74, 6) is 0.0367. The van der Waals surface area contributed by atoms with E-state index in [4.69, 9.17) is 4.74 Å². The lowest BCUT2D eigenvalue weighted by molar-refractivity contribution is -0.113. The Morgan fingerprint density at radius 1 is 1.19 bits per heavy atom. The fourth-order valence-corrected chi connectivity index (χ4v) is 4.09. The van der Waals surface area contributed by atoms with E-state index >= 15 is 0 Å². The number of benzene rings is 2. The SMILES string of the molecule is Cc1ccc(NC(=O)CSc2nc3ccccc3c(=O)n2CCCOC(C)C)c(C)c1. The smallest absolute Gasteiger partial charge is 0.262 e. The van der Waals surface area contributed by atoms with Crippen LogP contribution in [0.1, 0.15) is 31.4 Å². The van der Waals surface area contributed by atoms with E-state index in [2.05, 4.69) is 10.3 Å². The highest BCUT2D eigenvalue weighted by Crippen LogP contribution is 2.20. The van der Waals surface area contributed by atoms with Crippen molar-refractivity contribution in [2.75, 3.05) is 17.7 Å². The van der Waals surface area contributed by atoms with Crippen LogP contribution in [0.4, 0.5) is 5.69 Å². The van der Waals surface area contributed by atoms with Crippen LogP contribution in [0.3, 0.4) is 0 Å². The van der Waals surface area contributed by atoms with Gasteiger partial charge in [-0.05, 0) is 57.9 Å².